The Morgan fingerprint density at radius 1 is 0.730 bits per heavy atom. The van der Waals surface area contributed by atoms with Crippen LogP contribution < -0.4 is 27.0 Å². The van der Waals surface area contributed by atoms with Crippen molar-refractivity contribution >= 4 is 87.8 Å². The van der Waals surface area contributed by atoms with Crippen molar-refractivity contribution in [2.75, 3.05) is 133 Å². The normalized spacial score (nSPS) is 18.9. The first kappa shape index (κ1) is 92.4. The third-order valence-corrected chi connectivity index (χ3v) is 23.5. The number of anilines is 5. The molecule has 8 heterocycles. The number of likely N-dealkylation sites (N-methyl/N-ethyl adjacent to an activating group) is 1. The molecule has 2 saturated heterocycles. The Kier molecular flexibility index (Phi) is 35.4. The lowest BCUT2D eigenvalue weighted by Gasteiger charge is -2.34. The highest BCUT2D eigenvalue weighted by Gasteiger charge is 2.32. The third kappa shape index (κ3) is 27.1. The molecule has 32 nitrogen and oxygen atoms in total. The molecule has 32 heteroatoms. The van der Waals surface area contributed by atoms with E-state index >= 15 is 0 Å². The summed E-state index contributed by atoms with van der Waals surface area (Å²) >= 11 is 0. The molecule has 2 aromatic carbocycles. The molecule has 3 aliphatic heterocycles. The zero-order valence-corrected chi connectivity index (χ0v) is 71.6. The van der Waals surface area contributed by atoms with Crippen molar-refractivity contribution in [1.82, 2.24) is 54.5 Å². The van der Waals surface area contributed by atoms with Gasteiger partial charge in [-0.1, -0.05) is 75.4 Å². The van der Waals surface area contributed by atoms with Gasteiger partial charge in [-0.2, -0.15) is 15.1 Å². The van der Waals surface area contributed by atoms with Crippen LogP contribution in [0.4, 0.5) is 29.5 Å². The number of ether oxygens (including phenoxy) is 8. The highest BCUT2D eigenvalue weighted by molar-refractivity contribution is 6.27. The number of piperazine rings is 1. The summed E-state index contributed by atoms with van der Waals surface area (Å²) in [6.07, 6.45) is 28.6. The molecule has 0 radical (unpaired) electrons. The van der Waals surface area contributed by atoms with Crippen molar-refractivity contribution in [2.24, 2.45) is 23.7 Å². The summed E-state index contributed by atoms with van der Waals surface area (Å²) in [5.74, 6) is 1.28. The SMILES string of the molecule is COC(CC1CCCC(C(=O)C=O)O1)/C(C)=C/C=C/C=C/C(C)CC(C)C(=O)CC(O)/C(C)=C/C(C)CCC(CCC1CCC(OCc2cnc(N3CCN(c4ncc(C(=O)N(C)CCOCCOCCOCCOCCC(=O)N5CCc6cc(Cn7nc(-c8ccc9oc(N)nc9c8)c8c(N)ncnc87)ccc6C5)c(N)n4)CC3)nc2)CC1)OC=O. The number of carbonyl (C=O) groups is 6. The molecule has 2 amide bonds. The topological polar surface area (TPSA) is 409 Å². The van der Waals surface area contributed by atoms with E-state index in [1.807, 2.05) is 90.2 Å². The van der Waals surface area contributed by atoms with Crippen LogP contribution in [0.5, 0.6) is 0 Å². The predicted molar refractivity (Wildman–Crippen MR) is 462 cm³/mol. The fourth-order valence-corrected chi connectivity index (χ4v) is 16.2. The number of aliphatic hydroxyl groups is 1. The van der Waals surface area contributed by atoms with E-state index in [9.17, 15) is 33.9 Å². The summed E-state index contributed by atoms with van der Waals surface area (Å²) in [7, 11) is 3.33. The van der Waals surface area contributed by atoms with E-state index in [2.05, 4.69) is 67.9 Å². The third-order valence-electron chi connectivity index (χ3n) is 23.5. The lowest BCUT2D eigenvalue weighted by atomic mass is 9.83. The summed E-state index contributed by atoms with van der Waals surface area (Å²) in [4.78, 5) is 113. The number of rotatable bonds is 48. The first-order valence-corrected chi connectivity index (χ1v) is 42.9. The van der Waals surface area contributed by atoms with Gasteiger partial charge in [0.25, 0.3) is 18.4 Å². The number of hydrogen-bond donors (Lipinski definition) is 4. The minimum absolute atomic E-state index is 0.0211. The van der Waals surface area contributed by atoms with Crippen molar-refractivity contribution in [2.45, 2.75) is 194 Å². The van der Waals surface area contributed by atoms with Crippen molar-refractivity contribution < 1.29 is 76.2 Å². The molecule has 4 aliphatic rings. The van der Waals surface area contributed by atoms with E-state index in [1.54, 1.807) is 20.2 Å². The van der Waals surface area contributed by atoms with Gasteiger partial charge in [-0.3, -0.25) is 28.8 Å². The van der Waals surface area contributed by atoms with Crippen LogP contribution in [-0.4, -0.2) is 239 Å². The lowest BCUT2D eigenvalue weighted by Crippen LogP contribution is -2.47. The fraction of sp³-hybridized carbons (Fsp3) is 0.556. The standard InChI is InChI=1S/C90H122N16O16/c1-59(12-9-8-10-13-61(3)80(114-7)48-72-14-11-15-79(121-72)77(111)55-107)44-62(4)75(109)49-76(110)63(5)45-60(2)16-23-71(120-58-108)26-20-64-18-24-70(25-19-64)119-56-66-50-94-89(95-51-66)103-31-33-104(34-32-103)90-96-52-73(84(91)100-90)87(113)102(6)35-37-116-39-41-118-43-42-117-40-38-115-36-29-81(112)105-30-28-67-46-65(17-21-69(67)54-105)53-106-86-82(85(92)97-57-98-86)83(101-106)68-22-27-78-74(47-68)99-88(93)122-78/h8-10,12-13,17,21-22,27,45-47,50-52,55,57-60,62,64,70-72,76,79-80,110H,11,14-16,18-20,23-26,28-44,48-49,53-54,56H2,1-7H3,(H2,93,99)(H2,91,96,100)(H2,92,97,98)/b10-8+,12-9+,61-13+,63-45+. The Labute approximate surface area is 713 Å². The summed E-state index contributed by atoms with van der Waals surface area (Å²) in [6.45, 7) is 18.0. The van der Waals surface area contributed by atoms with Gasteiger partial charge in [-0.05, 0) is 161 Å². The van der Waals surface area contributed by atoms with Gasteiger partial charge in [0.15, 0.2) is 17.5 Å². The Bertz CT molecular complexity index is 4710. The molecule has 122 heavy (non-hydrogen) atoms. The second kappa shape index (κ2) is 46.8. The number of nitrogen functional groups attached to an aromatic ring is 3. The molecule has 1 aliphatic carbocycles. The number of nitrogens with two attached hydrogens (primary N) is 3. The number of amides is 2. The molecule has 7 N–H and O–H groups in total. The molecular weight excluding hydrogens is 1560 g/mol. The van der Waals surface area contributed by atoms with Gasteiger partial charge in [0, 0.05) is 108 Å². The summed E-state index contributed by atoms with van der Waals surface area (Å²) in [6, 6.07) is 11.9. The number of fused-ring (bicyclic) bond motifs is 3. The number of allylic oxidation sites excluding steroid dienone is 6. The average molecular weight is 1680 g/mol. The Balaban J connectivity index is 0.483. The molecule has 7 aromatic rings. The second-order valence-corrected chi connectivity index (χ2v) is 32.6. The maximum Gasteiger partial charge on any atom is 0.293 e. The van der Waals surface area contributed by atoms with Gasteiger partial charge >= 0.3 is 0 Å². The number of methoxy groups -OCH3 is 1. The molecule has 8 unspecified atom stereocenters. The Morgan fingerprint density at radius 3 is 2.17 bits per heavy atom. The largest absolute Gasteiger partial charge is 0.465 e. The van der Waals surface area contributed by atoms with Crippen LogP contribution in [0.25, 0.3) is 33.4 Å². The van der Waals surface area contributed by atoms with Crippen LogP contribution in [0.1, 0.15) is 164 Å². The monoisotopic (exact) mass is 1680 g/mol. The highest BCUT2D eigenvalue weighted by atomic mass is 16.6. The van der Waals surface area contributed by atoms with E-state index in [1.165, 1.54) is 23.0 Å². The Morgan fingerprint density at radius 2 is 1.45 bits per heavy atom. The van der Waals surface area contributed by atoms with E-state index in [4.69, 9.17) is 74.6 Å². The second-order valence-electron chi connectivity index (χ2n) is 32.6. The molecule has 11 rings (SSSR count). The summed E-state index contributed by atoms with van der Waals surface area (Å²) < 4.78 is 53.7. The number of ketones is 2. The molecule has 5 aromatic heterocycles. The van der Waals surface area contributed by atoms with E-state index in [0.29, 0.717) is 202 Å². The van der Waals surface area contributed by atoms with Crippen molar-refractivity contribution in [3.8, 4) is 11.3 Å². The molecule has 0 spiro atoms. The van der Waals surface area contributed by atoms with Crippen molar-refractivity contribution in [3.63, 3.8) is 0 Å². The van der Waals surface area contributed by atoms with Gasteiger partial charge in [0.05, 0.1) is 102 Å². The van der Waals surface area contributed by atoms with E-state index in [0.717, 1.165) is 97.6 Å². The van der Waals surface area contributed by atoms with Crippen LogP contribution in [0.3, 0.4) is 0 Å². The minimum Gasteiger partial charge on any atom is -0.465 e. The number of aliphatic hydroxyl groups excluding tert-OH is 1. The van der Waals surface area contributed by atoms with Gasteiger partial charge in [0.1, 0.15) is 52.7 Å². The number of carbonyl (C=O) groups excluding carboxylic acids is 6. The molecule has 0 bridgehead atoms. The number of oxazole rings is 1. The quantitative estimate of drug-likeness (QED) is 0.00905. The van der Waals surface area contributed by atoms with Gasteiger partial charge in [-0.15, -0.1) is 0 Å². The van der Waals surface area contributed by atoms with Crippen LogP contribution in [0.2, 0.25) is 0 Å². The maximum atomic E-state index is 13.4. The molecule has 8 atom stereocenters. The Hall–Kier alpha value is -10.3. The van der Waals surface area contributed by atoms with Crippen molar-refractivity contribution in [3.05, 3.63) is 137 Å². The number of nitrogens with zero attached hydrogens (tertiary/aromatic N) is 13. The van der Waals surface area contributed by atoms with Crippen LogP contribution in [0.15, 0.2) is 113 Å². The summed E-state index contributed by atoms with van der Waals surface area (Å²) in [5.41, 5.74) is 28.0. The zero-order valence-electron chi connectivity index (χ0n) is 71.6. The van der Waals surface area contributed by atoms with Gasteiger partial charge < -0.3 is 84.2 Å². The average Bonchev–Trinajstić information content (AvgIpc) is 1.61. The molecule has 658 valence electrons. The number of Topliss-reactive ketones (excluding diaryl/α,β-unsaturated/α-hetero) is 2. The maximum absolute atomic E-state index is 13.4. The number of hydrogen-bond acceptors (Lipinski definition) is 29. The first-order valence-electron chi connectivity index (χ1n) is 42.9. The number of benzene rings is 2. The molecule has 1 saturated carbocycles. The van der Waals surface area contributed by atoms with E-state index in [-0.39, 0.29) is 90.0 Å². The minimum atomic E-state index is -0.872. The molecule has 3 fully saturated rings. The first-order chi connectivity index (χ1) is 59.1. The lowest BCUT2D eigenvalue weighted by molar-refractivity contribution is -0.145. The van der Waals surface area contributed by atoms with E-state index < -0.39 is 18.0 Å². The smallest absolute Gasteiger partial charge is 0.293 e. The molecular formula is C90H122N16O16. The van der Waals surface area contributed by atoms with Crippen LogP contribution in [-0.2, 0) is 88.0 Å². The highest BCUT2D eigenvalue weighted by Crippen LogP contribution is 2.36. The number of aldehydes is 1. The fourth-order valence-electron chi connectivity index (χ4n) is 16.2. The van der Waals surface area contributed by atoms with Gasteiger partial charge in [-0.25, -0.2) is 29.6 Å². The summed E-state index contributed by atoms with van der Waals surface area (Å²) in [5, 5.41) is 16.7. The van der Waals surface area contributed by atoms with Crippen molar-refractivity contribution in [1.29, 1.82) is 0 Å². The van der Waals surface area contributed by atoms with Crippen LogP contribution >= 0.6 is 0 Å². The predicted octanol–water partition coefficient (Wildman–Crippen LogP) is 10.4. The van der Waals surface area contributed by atoms with Crippen LogP contribution in [0, 0.1) is 23.7 Å². The number of aromatic nitrogens is 9. The van der Waals surface area contributed by atoms with Gasteiger partial charge in [0.2, 0.25) is 23.6 Å². The zero-order chi connectivity index (χ0) is 86.4.